The summed E-state index contributed by atoms with van der Waals surface area (Å²) in [4.78, 5) is 18.6. The van der Waals surface area contributed by atoms with E-state index in [0.29, 0.717) is 12.3 Å². The Balaban J connectivity index is 1.23. The molecule has 0 spiro atoms. The maximum atomic E-state index is 13.1. The van der Waals surface area contributed by atoms with E-state index in [-0.39, 0.29) is 18.3 Å². The maximum absolute atomic E-state index is 13.1. The van der Waals surface area contributed by atoms with Crippen LogP contribution in [0.5, 0.6) is 5.75 Å². The largest absolute Gasteiger partial charge is 0.490 e. The molecule has 0 aliphatic carbocycles. The topological polar surface area (TPSA) is 56.3 Å². The Morgan fingerprint density at radius 3 is 2.42 bits per heavy atom. The lowest BCUT2D eigenvalue weighted by Gasteiger charge is -2.36. The molecule has 6 nitrogen and oxygen atoms in total. The second-order valence-electron chi connectivity index (χ2n) is 8.63. The minimum atomic E-state index is -0.620. The number of halogens is 1. The molecular weight excluding hydrogens is 421 g/mol. The first-order valence-corrected chi connectivity index (χ1v) is 11.7. The van der Waals surface area contributed by atoms with Crippen molar-refractivity contribution in [1.29, 1.82) is 0 Å². The van der Waals surface area contributed by atoms with Crippen LogP contribution >= 0.6 is 0 Å². The molecule has 33 heavy (non-hydrogen) atoms. The van der Waals surface area contributed by atoms with Crippen LogP contribution in [0.2, 0.25) is 0 Å². The van der Waals surface area contributed by atoms with Crippen LogP contribution in [0.3, 0.4) is 0 Å². The van der Waals surface area contributed by atoms with E-state index in [1.807, 2.05) is 29.2 Å². The molecule has 1 N–H and O–H groups in total. The van der Waals surface area contributed by atoms with Crippen LogP contribution in [0.4, 0.5) is 10.1 Å². The third kappa shape index (κ3) is 6.55. The van der Waals surface area contributed by atoms with Crippen molar-refractivity contribution in [2.75, 3.05) is 57.3 Å². The number of anilines is 1. The molecule has 4 rings (SSSR count). The Labute approximate surface area is 194 Å². The van der Waals surface area contributed by atoms with E-state index in [0.717, 1.165) is 63.4 Å². The first-order chi connectivity index (χ1) is 16.1. The number of nitrogens with zero attached hydrogens (tertiary/aromatic N) is 3. The average molecular weight is 454 g/mol. The molecule has 1 unspecified atom stereocenters. The van der Waals surface area contributed by atoms with Crippen molar-refractivity contribution in [3.05, 3.63) is 66.0 Å². The summed E-state index contributed by atoms with van der Waals surface area (Å²) in [6.07, 6.45) is 4.91. The van der Waals surface area contributed by atoms with E-state index in [4.69, 9.17) is 4.74 Å². The van der Waals surface area contributed by atoms with E-state index in [2.05, 4.69) is 9.80 Å². The molecule has 1 atom stereocenters. The first kappa shape index (κ1) is 23.3. The van der Waals surface area contributed by atoms with Crippen LogP contribution in [-0.4, -0.2) is 79.3 Å². The number of carbonyl (C=O) groups excluding carboxylic acids is 1. The normalized spacial score (nSPS) is 18.1. The molecule has 2 aromatic rings. The highest BCUT2D eigenvalue weighted by atomic mass is 19.1. The Bertz CT molecular complexity index is 936. The molecule has 2 aliphatic rings. The minimum Gasteiger partial charge on any atom is -0.490 e. The molecule has 2 saturated heterocycles. The van der Waals surface area contributed by atoms with Gasteiger partial charge >= 0.3 is 0 Å². The lowest BCUT2D eigenvalue weighted by molar-refractivity contribution is -0.124. The number of rotatable bonds is 8. The van der Waals surface area contributed by atoms with Gasteiger partial charge in [-0.3, -0.25) is 9.69 Å². The fourth-order valence-corrected chi connectivity index (χ4v) is 4.33. The molecular formula is C26H32FN3O3. The van der Waals surface area contributed by atoms with Gasteiger partial charge in [0.05, 0.1) is 0 Å². The van der Waals surface area contributed by atoms with Gasteiger partial charge in [0, 0.05) is 63.1 Å². The Morgan fingerprint density at radius 1 is 1.00 bits per heavy atom. The number of hydrogen-bond acceptors (Lipinski definition) is 5. The third-order valence-corrected chi connectivity index (χ3v) is 6.21. The molecule has 2 aliphatic heterocycles. The van der Waals surface area contributed by atoms with E-state index in [1.54, 1.807) is 24.3 Å². The van der Waals surface area contributed by atoms with Crippen molar-refractivity contribution in [3.8, 4) is 5.75 Å². The van der Waals surface area contributed by atoms with Crippen molar-refractivity contribution >= 4 is 17.7 Å². The molecule has 2 heterocycles. The molecule has 0 saturated carbocycles. The summed E-state index contributed by atoms with van der Waals surface area (Å²) in [7, 11) is 0. The van der Waals surface area contributed by atoms with Gasteiger partial charge in [-0.1, -0.05) is 18.2 Å². The summed E-state index contributed by atoms with van der Waals surface area (Å²) in [5.41, 5.74) is 1.85. The zero-order valence-corrected chi connectivity index (χ0v) is 18.9. The van der Waals surface area contributed by atoms with Crippen LogP contribution in [0.15, 0.2) is 54.6 Å². The van der Waals surface area contributed by atoms with Gasteiger partial charge in [-0.25, -0.2) is 4.39 Å². The first-order valence-electron chi connectivity index (χ1n) is 11.7. The number of piperazine rings is 1. The highest BCUT2D eigenvalue weighted by molar-refractivity contribution is 5.92. The highest BCUT2D eigenvalue weighted by Crippen LogP contribution is 2.21. The Kier molecular flexibility index (Phi) is 7.96. The van der Waals surface area contributed by atoms with Crippen LogP contribution in [0, 0.1) is 5.82 Å². The highest BCUT2D eigenvalue weighted by Gasteiger charge is 2.20. The van der Waals surface area contributed by atoms with Crippen molar-refractivity contribution in [2.24, 2.45) is 0 Å². The average Bonchev–Trinajstić information content (AvgIpc) is 3.38. The fraction of sp³-hybridized carbons (Fsp3) is 0.423. The Morgan fingerprint density at radius 2 is 1.70 bits per heavy atom. The summed E-state index contributed by atoms with van der Waals surface area (Å²) in [5, 5.41) is 10.5. The maximum Gasteiger partial charge on any atom is 0.246 e. The molecule has 7 heteroatoms. The van der Waals surface area contributed by atoms with Crippen LogP contribution in [0.1, 0.15) is 18.4 Å². The molecule has 1 amide bonds. The third-order valence-electron chi connectivity index (χ3n) is 6.21. The van der Waals surface area contributed by atoms with Crippen LogP contribution < -0.4 is 9.64 Å². The quantitative estimate of drug-likeness (QED) is 0.623. The number of aliphatic hydroxyl groups is 1. The van der Waals surface area contributed by atoms with E-state index < -0.39 is 6.10 Å². The number of hydrogen-bond donors (Lipinski definition) is 1. The smallest absolute Gasteiger partial charge is 0.246 e. The number of carbonyl (C=O) groups is 1. The fourth-order valence-electron chi connectivity index (χ4n) is 4.33. The van der Waals surface area contributed by atoms with E-state index in [9.17, 15) is 14.3 Å². The number of likely N-dealkylation sites (tertiary alicyclic amines) is 1. The number of β-amino-alcohol motifs (C(OH)–C–C–N with tert-alkyl or cyclic N) is 1. The number of para-hydroxylation sites is 1. The van der Waals surface area contributed by atoms with Crippen LogP contribution in [-0.2, 0) is 4.79 Å². The molecule has 0 aromatic heterocycles. The number of ether oxygens (including phenoxy) is 1. The summed E-state index contributed by atoms with van der Waals surface area (Å²) in [6.45, 7) is 5.68. The predicted octanol–water partition coefficient (Wildman–Crippen LogP) is 3.02. The lowest BCUT2D eigenvalue weighted by atomic mass is 10.2. The van der Waals surface area contributed by atoms with Crippen molar-refractivity contribution < 1.29 is 19.0 Å². The predicted molar refractivity (Wildman–Crippen MR) is 128 cm³/mol. The van der Waals surface area contributed by atoms with Gasteiger partial charge in [0.1, 0.15) is 24.3 Å². The number of amides is 1. The van der Waals surface area contributed by atoms with Gasteiger partial charge in [-0.05, 0) is 49.2 Å². The van der Waals surface area contributed by atoms with Crippen molar-refractivity contribution in [3.63, 3.8) is 0 Å². The van der Waals surface area contributed by atoms with E-state index in [1.165, 1.54) is 12.1 Å². The second kappa shape index (κ2) is 11.3. The van der Waals surface area contributed by atoms with Crippen molar-refractivity contribution in [2.45, 2.75) is 18.9 Å². The van der Waals surface area contributed by atoms with Gasteiger partial charge in [-0.2, -0.15) is 0 Å². The molecule has 0 bridgehead atoms. The summed E-state index contributed by atoms with van der Waals surface area (Å²) >= 11 is 0. The second-order valence-corrected chi connectivity index (χ2v) is 8.63. The van der Waals surface area contributed by atoms with E-state index >= 15 is 0 Å². The van der Waals surface area contributed by atoms with Crippen molar-refractivity contribution in [1.82, 2.24) is 9.80 Å². The zero-order valence-electron chi connectivity index (χ0n) is 18.9. The molecule has 2 aromatic carbocycles. The van der Waals surface area contributed by atoms with Crippen LogP contribution in [0.25, 0.3) is 6.08 Å². The van der Waals surface area contributed by atoms with Gasteiger partial charge in [0.2, 0.25) is 5.91 Å². The lowest BCUT2D eigenvalue weighted by Crippen LogP contribution is -2.49. The summed E-state index contributed by atoms with van der Waals surface area (Å²) in [5.74, 6) is 0.459. The zero-order chi connectivity index (χ0) is 23.0. The molecule has 0 radical (unpaired) electrons. The SMILES string of the molecule is O=C(C=Cc1ccccc1OCC(O)CN1CCN(c2ccc(F)cc2)CC1)N1CCCC1. The van der Waals surface area contributed by atoms with Gasteiger partial charge < -0.3 is 19.6 Å². The van der Waals surface area contributed by atoms with Gasteiger partial charge in [-0.15, -0.1) is 0 Å². The standard InChI is InChI=1S/C26H32FN3O3/c27-22-8-10-23(11-9-22)29-17-15-28(16-18-29)19-24(31)20-33-25-6-2-1-5-21(25)7-12-26(32)30-13-3-4-14-30/h1-2,5-12,24,31H,3-4,13-20H2. The molecule has 176 valence electrons. The molecule has 2 fully saturated rings. The van der Waals surface area contributed by atoms with Gasteiger partial charge in [0.15, 0.2) is 0 Å². The van der Waals surface area contributed by atoms with Gasteiger partial charge in [0.25, 0.3) is 0 Å². The Hall–Kier alpha value is -2.90. The number of benzene rings is 2. The summed E-state index contributed by atoms with van der Waals surface area (Å²) < 4.78 is 19.0. The minimum absolute atomic E-state index is 0.0297. The number of aliphatic hydroxyl groups excluding tert-OH is 1. The monoisotopic (exact) mass is 453 g/mol. The summed E-state index contributed by atoms with van der Waals surface area (Å²) in [6, 6.07) is 14.1.